The van der Waals surface area contributed by atoms with Crippen molar-refractivity contribution in [3.05, 3.63) is 57.3 Å². The predicted molar refractivity (Wildman–Crippen MR) is 91.0 cm³/mol. The van der Waals surface area contributed by atoms with Gasteiger partial charge in [0.2, 0.25) is 0 Å². The van der Waals surface area contributed by atoms with Crippen molar-refractivity contribution in [3.63, 3.8) is 0 Å². The monoisotopic (exact) mass is 317 g/mol. The van der Waals surface area contributed by atoms with Gasteiger partial charge in [0.1, 0.15) is 0 Å². The molecule has 2 rings (SSSR count). The van der Waals surface area contributed by atoms with Crippen LogP contribution in [0.25, 0.3) is 0 Å². The first-order chi connectivity index (χ1) is 10.7. The lowest BCUT2D eigenvalue weighted by atomic mass is 10.1. The molecule has 1 heterocycles. The van der Waals surface area contributed by atoms with Crippen LogP contribution < -0.4 is 5.32 Å². The van der Waals surface area contributed by atoms with Crippen LogP contribution in [0.2, 0.25) is 0 Å². The van der Waals surface area contributed by atoms with Gasteiger partial charge in [-0.3, -0.25) is 4.79 Å². The first-order valence-corrected chi connectivity index (χ1v) is 8.54. The number of rotatable bonds is 8. The maximum Gasteiger partial charge on any atom is 0.310 e. The molecule has 0 fully saturated rings. The van der Waals surface area contributed by atoms with E-state index >= 15 is 0 Å². The van der Waals surface area contributed by atoms with E-state index in [1.54, 1.807) is 0 Å². The van der Waals surface area contributed by atoms with Gasteiger partial charge in [0.15, 0.2) is 0 Å². The van der Waals surface area contributed by atoms with Crippen LogP contribution in [0.1, 0.15) is 34.7 Å². The molecule has 0 bridgehead atoms. The summed E-state index contributed by atoms with van der Waals surface area (Å²) in [6.07, 6.45) is 1.44. The summed E-state index contributed by atoms with van der Waals surface area (Å²) in [4.78, 5) is 14.3. The van der Waals surface area contributed by atoms with E-state index in [1.165, 1.54) is 15.3 Å². The van der Waals surface area contributed by atoms with Gasteiger partial charge >= 0.3 is 5.97 Å². The van der Waals surface area contributed by atoms with Gasteiger partial charge in [0.25, 0.3) is 0 Å². The van der Waals surface area contributed by atoms with E-state index in [0.717, 1.165) is 25.1 Å². The summed E-state index contributed by atoms with van der Waals surface area (Å²) in [5, 5.41) is 3.46. The molecule has 0 spiro atoms. The number of carbonyl (C=O) groups is 1. The van der Waals surface area contributed by atoms with Crippen LogP contribution in [0.15, 0.2) is 36.4 Å². The molecular formula is C18H23NO2S. The number of aryl methyl sites for hydroxylation is 1. The van der Waals surface area contributed by atoms with E-state index in [0.29, 0.717) is 13.0 Å². The van der Waals surface area contributed by atoms with E-state index in [4.69, 9.17) is 4.74 Å². The minimum absolute atomic E-state index is 0.168. The van der Waals surface area contributed by atoms with Crippen molar-refractivity contribution in [2.45, 2.75) is 39.8 Å². The fourth-order valence-electron chi connectivity index (χ4n) is 2.27. The highest BCUT2D eigenvalue weighted by molar-refractivity contribution is 7.11. The highest BCUT2D eigenvalue weighted by Gasteiger charge is 2.05. The Morgan fingerprint density at radius 2 is 1.86 bits per heavy atom. The van der Waals surface area contributed by atoms with E-state index in [-0.39, 0.29) is 5.97 Å². The van der Waals surface area contributed by atoms with Crippen molar-refractivity contribution in [2.75, 3.05) is 6.61 Å². The number of thiophene rings is 1. The Kier molecular flexibility index (Phi) is 6.62. The Morgan fingerprint density at radius 3 is 2.59 bits per heavy atom. The summed E-state index contributed by atoms with van der Waals surface area (Å²) in [6, 6.07) is 12.5. The van der Waals surface area contributed by atoms with Gasteiger partial charge in [-0.1, -0.05) is 31.2 Å². The van der Waals surface area contributed by atoms with Gasteiger partial charge in [0, 0.05) is 22.8 Å². The zero-order chi connectivity index (χ0) is 15.8. The van der Waals surface area contributed by atoms with Gasteiger partial charge < -0.3 is 10.1 Å². The fraction of sp³-hybridized carbons (Fsp3) is 0.389. The molecule has 118 valence electrons. The summed E-state index contributed by atoms with van der Waals surface area (Å²) in [5.41, 5.74) is 2.19. The Hall–Kier alpha value is -1.65. The zero-order valence-corrected chi connectivity index (χ0v) is 14.0. The highest BCUT2D eigenvalue weighted by atomic mass is 32.1. The second-order valence-electron chi connectivity index (χ2n) is 5.13. The molecule has 1 aromatic carbocycles. The van der Waals surface area contributed by atoms with Crippen molar-refractivity contribution >= 4 is 17.3 Å². The minimum atomic E-state index is -0.168. The second-order valence-corrected chi connectivity index (χ2v) is 6.38. The molecule has 0 aliphatic heterocycles. The van der Waals surface area contributed by atoms with Gasteiger partial charge in [0.05, 0.1) is 13.0 Å². The molecular weight excluding hydrogens is 294 g/mol. The lowest BCUT2D eigenvalue weighted by molar-refractivity contribution is -0.142. The number of nitrogens with one attached hydrogen (secondary N) is 1. The van der Waals surface area contributed by atoms with Crippen molar-refractivity contribution in [3.8, 4) is 0 Å². The largest absolute Gasteiger partial charge is 0.466 e. The predicted octanol–water partition coefficient (Wildman–Crippen LogP) is 3.71. The third kappa shape index (κ3) is 5.28. The quantitative estimate of drug-likeness (QED) is 0.754. The van der Waals surface area contributed by atoms with Crippen LogP contribution in [0.5, 0.6) is 0 Å². The smallest absolute Gasteiger partial charge is 0.310 e. The fourth-order valence-corrected chi connectivity index (χ4v) is 3.19. The lowest BCUT2D eigenvalue weighted by Gasteiger charge is -2.06. The van der Waals surface area contributed by atoms with Crippen LogP contribution in [0.3, 0.4) is 0 Å². The molecule has 0 aliphatic carbocycles. The first kappa shape index (κ1) is 16.7. The number of hydrogen-bond acceptors (Lipinski definition) is 4. The molecule has 0 atom stereocenters. The molecule has 0 unspecified atom stereocenters. The van der Waals surface area contributed by atoms with Crippen molar-refractivity contribution in [2.24, 2.45) is 0 Å². The molecule has 2 aromatic rings. The molecule has 0 saturated heterocycles. The zero-order valence-electron chi connectivity index (χ0n) is 13.2. The first-order valence-electron chi connectivity index (χ1n) is 7.73. The van der Waals surface area contributed by atoms with Gasteiger partial charge in [-0.2, -0.15) is 0 Å². The molecule has 0 saturated carbocycles. The second kappa shape index (κ2) is 8.71. The number of esters is 1. The van der Waals surface area contributed by atoms with Gasteiger partial charge in [-0.05, 0) is 36.6 Å². The topological polar surface area (TPSA) is 38.3 Å². The Bertz CT molecular complexity index is 607. The van der Waals surface area contributed by atoms with E-state index in [2.05, 4.69) is 36.5 Å². The van der Waals surface area contributed by atoms with E-state index < -0.39 is 0 Å². The molecule has 4 heteroatoms. The molecule has 0 radical (unpaired) electrons. The van der Waals surface area contributed by atoms with Crippen LogP contribution >= 0.6 is 11.3 Å². The third-order valence-corrected chi connectivity index (χ3v) is 4.57. The summed E-state index contributed by atoms with van der Waals surface area (Å²) >= 11 is 1.86. The van der Waals surface area contributed by atoms with Crippen molar-refractivity contribution < 1.29 is 9.53 Å². The Labute approximate surface area is 136 Å². The number of ether oxygens (including phenoxy) is 1. The minimum Gasteiger partial charge on any atom is -0.466 e. The van der Waals surface area contributed by atoms with Crippen LogP contribution in [0, 0.1) is 0 Å². The van der Waals surface area contributed by atoms with Crippen molar-refractivity contribution in [1.82, 2.24) is 5.32 Å². The van der Waals surface area contributed by atoms with Gasteiger partial charge in [-0.15, -0.1) is 11.3 Å². The molecule has 0 aliphatic rings. The number of carbonyl (C=O) groups excluding carboxylic acids is 1. The molecule has 1 aromatic heterocycles. The van der Waals surface area contributed by atoms with Gasteiger partial charge in [-0.25, -0.2) is 0 Å². The Balaban J connectivity index is 1.83. The third-order valence-electron chi connectivity index (χ3n) is 3.34. The lowest BCUT2D eigenvalue weighted by Crippen LogP contribution is -2.12. The van der Waals surface area contributed by atoms with Crippen LogP contribution in [-0.4, -0.2) is 12.6 Å². The summed E-state index contributed by atoms with van der Waals surface area (Å²) in [5.74, 6) is -0.168. The maximum atomic E-state index is 11.5. The normalized spacial score (nSPS) is 10.6. The Morgan fingerprint density at radius 1 is 1.09 bits per heavy atom. The standard InChI is InChI=1S/C18H23NO2S/c1-3-16-8-9-17(22-16)13-19-12-15-7-5-6-14(10-15)11-18(20)21-4-2/h5-10,19H,3-4,11-13H2,1-2H3. The molecule has 0 amide bonds. The highest BCUT2D eigenvalue weighted by Crippen LogP contribution is 2.16. The van der Waals surface area contributed by atoms with Crippen molar-refractivity contribution in [1.29, 1.82) is 0 Å². The summed E-state index contributed by atoms with van der Waals surface area (Å²) in [7, 11) is 0. The number of hydrogen-bond donors (Lipinski definition) is 1. The maximum absolute atomic E-state index is 11.5. The van der Waals surface area contributed by atoms with E-state index in [9.17, 15) is 4.79 Å². The van der Waals surface area contributed by atoms with Crippen LogP contribution in [-0.2, 0) is 35.5 Å². The SMILES string of the molecule is CCOC(=O)Cc1cccc(CNCc2ccc(CC)s2)c1. The molecule has 22 heavy (non-hydrogen) atoms. The average Bonchev–Trinajstić information content (AvgIpc) is 2.96. The summed E-state index contributed by atoms with van der Waals surface area (Å²) in [6.45, 7) is 6.12. The molecule has 3 nitrogen and oxygen atoms in total. The average molecular weight is 317 g/mol. The van der Waals surface area contributed by atoms with Crippen LogP contribution in [0.4, 0.5) is 0 Å². The number of benzene rings is 1. The summed E-state index contributed by atoms with van der Waals surface area (Å²) < 4.78 is 4.98. The van der Waals surface area contributed by atoms with E-state index in [1.807, 2.05) is 30.4 Å². The molecule has 1 N–H and O–H groups in total.